The third-order valence-corrected chi connectivity index (χ3v) is 2.76. The lowest BCUT2D eigenvalue weighted by Crippen LogP contribution is -2.16. The molecule has 2 heterocycles. The zero-order valence-electron chi connectivity index (χ0n) is 10.4. The zero-order valence-corrected chi connectivity index (χ0v) is 11.1. The maximum Gasteiger partial charge on any atom is 0.322 e. The second-order valence-electron chi connectivity index (χ2n) is 4.17. The molecule has 0 amide bonds. The van der Waals surface area contributed by atoms with Crippen LogP contribution >= 0.6 is 11.6 Å². The van der Waals surface area contributed by atoms with Crippen LogP contribution in [0.5, 0.6) is 6.01 Å². The number of rotatable bonds is 6. The number of nitrogens with one attached hydrogen (secondary N) is 1. The fourth-order valence-electron chi connectivity index (χ4n) is 1.65. The molecule has 1 aliphatic rings. The molecule has 18 heavy (non-hydrogen) atoms. The Hall–Kier alpha value is -1.14. The van der Waals surface area contributed by atoms with E-state index in [9.17, 15) is 0 Å². The van der Waals surface area contributed by atoms with E-state index < -0.39 is 0 Å². The fourth-order valence-corrected chi connectivity index (χ4v) is 1.80. The summed E-state index contributed by atoms with van der Waals surface area (Å²) in [5, 5.41) is 3.28. The molecule has 100 valence electrons. The first-order chi connectivity index (χ1) is 8.78. The Labute approximate surface area is 111 Å². The van der Waals surface area contributed by atoms with Crippen LogP contribution in [0.1, 0.15) is 19.8 Å². The lowest BCUT2D eigenvalue weighted by atomic mass is 10.1. The molecule has 0 aromatic carbocycles. The highest BCUT2D eigenvalue weighted by Crippen LogP contribution is 2.15. The SMILES string of the molecule is CCCOc1nc(Cl)nc(NCC2CCOC2)n1. The molecule has 2 rings (SSSR count). The minimum absolute atomic E-state index is 0.140. The van der Waals surface area contributed by atoms with Gasteiger partial charge in [0.2, 0.25) is 11.2 Å². The summed E-state index contributed by atoms with van der Waals surface area (Å²) in [6.45, 7) is 4.96. The first-order valence-electron chi connectivity index (χ1n) is 6.14. The van der Waals surface area contributed by atoms with Crippen molar-refractivity contribution in [1.82, 2.24) is 15.0 Å². The predicted molar refractivity (Wildman–Crippen MR) is 68.0 cm³/mol. The molecule has 1 atom stereocenters. The number of nitrogens with zero attached hydrogens (tertiary/aromatic N) is 3. The van der Waals surface area contributed by atoms with Gasteiger partial charge in [0.15, 0.2) is 0 Å². The van der Waals surface area contributed by atoms with Gasteiger partial charge in [0.1, 0.15) is 0 Å². The fraction of sp³-hybridized carbons (Fsp3) is 0.727. The number of halogens is 1. The molecule has 0 bridgehead atoms. The van der Waals surface area contributed by atoms with E-state index >= 15 is 0 Å². The van der Waals surface area contributed by atoms with Crippen LogP contribution in [0.15, 0.2) is 0 Å². The van der Waals surface area contributed by atoms with Crippen LogP contribution in [-0.2, 0) is 4.74 Å². The highest BCUT2D eigenvalue weighted by molar-refractivity contribution is 6.28. The van der Waals surface area contributed by atoms with Gasteiger partial charge in [-0.2, -0.15) is 15.0 Å². The van der Waals surface area contributed by atoms with Gasteiger partial charge in [-0.1, -0.05) is 6.92 Å². The summed E-state index contributed by atoms with van der Waals surface area (Å²) >= 11 is 5.82. The largest absolute Gasteiger partial charge is 0.463 e. The highest BCUT2D eigenvalue weighted by atomic mass is 35.5. The first-order valence-corrected chi connectivity index (χ1v) is 6.51. The van der Waals surface area contributed by atoms with Gasteiger partial charge in [-0.05, 0) is 24.4 Å². The van der Waals surface area contributed by atoms with Crippen molar-refractivity contribution in [1.29, 1.82) is 0 Å². The van der Waals surface area contributed by atoms with Gasteiger partial charge < -0.3 is 14.8 Å². The Kier molecular flexibility index (Phi) is 4.95. The number of ether oxygens (including phenoxy) is 2. The van der Waals surface area contributed by atoms with Gasteiger partial charge >= 0.3 is 6.01 Å². The van der Waals surface area contributed by atoms with Crippen LogP contribution in [0.25, 0.3) is 0 Å². The smallest absolute Gasteiger partial charge is 0.322 e. The van der Waals surface area contributed by atoms with E-state index in [1.807, 2.05) is 6.92 Å². The van der Waals surface area contributed by atoms with Gasteiger partial charge in [-0.25, -0.2) is 0 Å². The van der Waals surface area contributed by atoms with E-state index in [4.69, 9.17) is 21.1 Å². The van der Waals surface area contributed by atoms with E-state index in [1.165, 1.54) is 0 Å². The van der Waals surface area contributed by atoms with Crippen LogP contribution in [0.2, 0.25) is 5.28 Å². The lowest BCUT2D eigenvalue weighted by molar-refractivity contribution is 0.187. The summed E-state index contributed by atoms with van der Waals surface area (Å²) in [5.41, 5.74) is 0. The van der Waals surface area contributed by atoms with Gasteiger partial charge in [0.25, 0.3) is 0 Å². The first kappa shape index (κ1) is 13.3. The topological polar surface area (TPSA) is 69.2 Å². The Morgan fingerprint density at radius 2 is 2.33 bits per heavy atom. The molecular weight excluding hydrogens is 256 g/mol. The van der Waals surface area contributed by atoms with Gasteiger partial charge in [0.05, 0.1) is 13.2 Å². The van der Waals surface area contributed by atoms with Crippen molar-refractivity contribution in [3.05, 3.63) is 5.28 Å². The molecular formula is C11H17ClN4O2. The van der Waals surface area contributed by atoms with Gasteiger partial charge in [0, 0.05) is 19.1 Å². The van der Waals surface area contributed by atoms with Gasteiger partial charge in [-0.15, -0.1) is 0 Å². The molecule has 1 N–H and O–H groups in total. The summed E-state index contributed by atoms with van der Waals surface area (Å²) in [7, 11) is 0. The molecule has 1 aromatic heterocycles. The Morgan fingerprint density at radius 1 is 1.44 bits per heavy atom. The lowest BCUT2D eigenvalue weighted by Gasteiger charge is -2.10. The van der Waals surface area contributed by atoms with Crippen LogP contribution in [-0.4, -0.2) is 41.3 Å². The Bertz CT molecular complexity index is 385. The van der Waals surface area contributed by atoms with Crippen molar-refractivity contribution in [3.8, 4) is 6.01 Å². The number of aromatic nitrogens is 3. The van der Waals surface area contributed by atoms with Crippen molar-refractivity contribution >= 4 is 17.5 Å². The van der Waals surface area contributed by atoms with Crippen LogP contribution in [0.4, 0.5) is 5.95 Å². The van der Waals surface area contributed by atoms with E-state index in [2.05, 4.69) is 20.3 Å². The third kappa shape index (κ3) is 3.96. The van der Waals surface area contributed by atoms with Crippen molar-refractivity contribution in [2.75, 3.05) is 31.7 Å². The summed E-state index contributed by atoms with van der Waals surface area (Å²) < 4.78 is 10.6. The second kappa shape index (κ2) is 6.70. The molecule has 1 aliphatic heterocycles. The molecule has 7 heteroatoms. The van der Waals surface area contributed by atoms with E-state index in [0.717, 1.165) is 32.6 Å². The van der Waals surface area contributed by atoms with Crippen LogP contribution in [0, 0.1) is 5.92 Å². The summed E-state index contributed by atoms with van der Waals surface area (Å²) in [4.78, 5) is 12.1. The van der Waals surface area contributed by atoms with Crippen LogP contribution < -0.4 is 10.1 Å². The number of hydrogen-bond donors (Lipinski definition) is 1. The molecule has 0 aliphatic carbocycles. The molecule has 1 aromatic rings. The second-order valence-corrected chi connectivity index (χ2v) is 4.51. The van der Waals surface area contributed by atoms with Crippen LogP contribution in [0.3, 0.4) is 0 Å². The summed E-state index contributed by atoms with van der Waals surface area (Å²) in [5.74, 6) is 0.952. The monoisotopic (exact) mass is 272 g/mol. The standard InChI is InChI=1S/C11H17ClN4O2/c1-2-4-18-11-15-9(12)14-10(16-11)13-6-8-3-5-17-7-8/h8H,2-7H2,1H3,(H,13,14,15,16). The number of hydrogen-bond acceptors (Lipinski definition) is 6. The minimum atomic E-state index is 0.140. The van der Waals surface area contributed by atoms with Crippen molar-refractivity contribution in [2.24, 2.45) is 5.92 Å². The Balaban J connectivity index is 1.91. The zero-order chi connectivity index (χ0) is 12.8. The molecule has 1 unspecified atom stereocenters. The highest BCUT2D eigenvalue weighted by Gasteiger charge is 2.16. The van der Waals surface area contributed by atoms with E-state index in [0.29, 0.717) is 18.5 Å². The normalized spacial score (nSPS) is 18.9. The molecule has 1 saturated heterocycles. The minimum Gasteiger partial charge on any atom is -0.463 e. The van der Waals surface area contributed by atoms with Gasteiger partial charge in [-0.3, -0.25) is 0 Å². The molecule has 6 nitrogen and oxygen atoms in total. The molecule has 0 saturated carbocycles. The Morgan fingerprint density at radius 3 is 3.06 bits per heavy atom. The predicted octanol–water partition coefficient (Wildman–Crippen LogP) is 1.76. The number of anilines is 1. The van der Waals surface area contributed by atoms with Crippen molar-refractivity contribution in [2.45, 2.75) is 19.8 Å². The maximum atomic E-state index is 5.82. The molecule has 1 fully saturated rings. The van der Waals surface area contributed by atoms with Crippen molar-refractivity contribution < 1.29 is 9.47 Å². The molecule has 0 spiro atoms. The van der Waals surface area contributed by atoms with E-state index in [1.54, 1.807) is 0 Å². The average molecular weight is 273 g/mol. The average Bonchev–Trinajstić information content (AvgIpc) is 2.86. The molecule has 0 radical (unpaired) electrons. The quantitative estimate of drug-likeness (QED) is 0.851. The van der Waals surface area contributed by atoms with Crippen molar-refractivity contribution in [3.63, 3.8) is 0 Å². The summed E-state index contributed by atoms with van der Waals surface area (Å²) in [6, 6.07) is 0.266. The van der Waals surface area contributed by atoms with E-state index in [-0.39, 0.29) is 11.3 Å². The third-order valence-electron chi connectivity index (χ3n) is 2.60. The summed E-state index contributed by atoms with van der Waals surface area (Å²) in [6.07, 6.45) is 1.95. The maximum absolute atomic E-state index is 5.82.